The van der Waals surface area contributed by atoms with E-state index in [-0.39, 0.29) is 17.1 Å². The van der Waals surface area contributed by atoms with Gasteiger partial charge in [0, 0.05) is 13.0 Å². The smallest absolute Gasteiger partial charge is 0.310 e. The molecule has 0 amide bonds. The van der Waals surface area contributed by atoms with Crippen LogP contribution in [-0.4, -0.2) is 22.5 Å². The molecule has 0 aliphatic heterocycles. The largest absolute Gasteiger partial charge is 0.481 e. The lowest BCUT2D eigenvalue weighted by Crippen LogP contribution is -2.04. The highest BCUT2D eigenvalue weighted by Gasteiger charge is 2.17. The lowest BCUT2D eigenvalue weighted by Gasteiger charge is -2.07. The maximum absolute atomic E-state index is 10.9. The summed E-state index contributed by atoms with van der Waals surface area (Å²) in [6, 6.07) is 4.76. The highest BCUT2D eigenvalue weighted by Crippen LogP contribution is 2.32. The number of hydrogen-bond donors (Lipinski definition) is 2. The Morgan fingerprint density at radius 2 is 2.00 bits per heavy atom. The van der Waals surface area contributed by atoms with Gasteiger partial charge in [-0.3, -0.25) is 14.9 Å². The Morgan fingerprint density at radius 1 is 1.30 bits per heavy atom. The van der Waals surface area contributed by atoms with Crippen LogP contribution in [0.15, 0.2) is 18.2 Å². The molecular formula is C13H17ClN2O4. The number of para-hydroxylation sites is 1. The summed E-state index contributed by atoms with van der Waals surface area (Å²) >= 11 is 5.80. The zero-order valence-electron chi connectivity index (χ0n) is 11.0. The number of nitrogens with zero attached hydrogens (tertiary/aromatic N) is 1. The number of anilines is 1. The van der Waals surface area contributed by atoms with Crippen molar-refractivity contribution < 1.29 is 14.8 Å². The molecule has 0 saturated carbocycles. The number of carbonyl (C=O) groups is 1. The maximum Gasteiger partial charge on any atom is 0.310 e. The Labute approximate surface area is 121 Å². The van der Waals surface area contributed by atoms with E-state index in [1.807, 2.05) is 0 Å². The highest BCUT2D eigenvalue weighted by atomic mass is 35.5. The Hall–Kier alpha value is -1.82. The van der Waals surface area contributed by atoms with Gasteiger partial charge in [-0.15, -0.1) is 0 Å². The summed E-state index contributed by atoms with van der Waals surface area (Å²) in [5, 5.41) is 22.5. The van der Waals surface area contributed by atoms with Crippen LogP contribution in [0.5, 0.6) is 0 Å². The number of unbranched alkanes of at least 4 members (excludes halogenated alkanes) is 3. The first-order chi connectivity index (χ1) is 9.52. The SMILES string of the molecule is O=C(O)CCCCCCNc1cccc(Cl)c1[N+](=O)[O-]. The van der Waals surface area contributed by atoms with Crippen molar-refractivity contribution in [2.24, 2.45) is 0 Å². The number of carboxylic acids is 1. The van der Waals surface area contributed by atoms with E-state index in [9.17, 15) is 14.9 Å². The molecule has 0 unspecified atom stereocenters. The van der Waals surface area contributed by atoms with Crippen LogP contribution in [0, 0.1) is 10.1 Å². The van der Waals surface area contributed by atoms with Gasteiger partial charge < -0.3 is 10.4 Å². The summed E-state index contributed by atoms with van der Waals surface area (Å²) in [7, 11) is 0. The van der Waals surface area contributed by atoms with E-state index in [4.69, 9.17) is 16.7 Å². The fourth-order valence-electron chi connectivity index (χ4n) is 1.82. The average Bonchev–Trinajstić information content (AvgIpc) is 2.36. The van der Waals surface area contributed by atoms with Crippen LogP contribution in [0.25, 0.3) is 0 Å². The normalized spacial score (nSPS) is 10.2. The molecule has 0 aromatic heterocycles. The number of nitro groups is 1. The molecule has 6 nitrogen and oxygen atoms in total. The molecule has 0 heterocycles. The van der Waals surface area contributed by atoms with Crippen molar-refractivity contribution in [3.8, 4) is 0 Å². The lowest BCUT2D eigenvalue weighted by atomic mass is 10.1. The second-order valence-electron chi connectivity index (χ2n) is 4.38. The highest BCUT2D eigenvalue weighted by molar-refractivity contribution is 6.33. The summed E-state index contributed by atoms with van der Waals surface area (Å²) in [5.74, 6) is -0.780. The third-order valence-corrected chi connectivity index (χ3v) is 3.11. The van der Waals surface area contributed by atoms with Crippen molar-refractivity contribution in [1.82, 2.24) is 0 Å². The molecule has 0 aliphatic carbocycles. The van der Waals surface area contributed by atoms with E-state index in [1.54, 1.807) is 12.1 Å². The van der Waals surface area contributed by atoms with Crippen molar-refractivity contribution in [2.75, 3.05) is 11.9 Å². The fourth-order valence-corrected chi connectivity index (χ4v) is 2.06. The van der Waals surface area contributed by atoms with Gasteiger partial charge in [0.2, 0.25) is 0 Å². The van der Waals surface area contributed by atoms with E-state index in [1.165, 1.54) is 6.07 Å². The predicted octanol–water partition coefficient (Wildman–Crippen LogP) is 3.70. The van der Waals surface area contributed by atoms with Crippen LogP contribution in [0.4, 0.5) is 11.4 Å². The van der Waals surface area contributed by atoms with Gasteiger partial charge >= 0.3 is 11.7 Å². The van der Waals surface area contributed by atoms with Crippen LogP contribution in [-0.2, 0) is 4.79 Å². The molecule has 0 fully saturated rings. The Morgan fingerprint density at radius 3 is 2.65 bits per heavy atom. The van der Waals surface area contributed by atoms with E-state index < -0.39 is 10.9 Å². The van der Waals surface area contributed by atoms with Crippen LogP contribution in [0.2, 0.25) is 5.02 Å². The molecule has 0 saturated heterocycles. The topological polar surface area (TPSA) is 92.5 Å². The summed E-state index contributed by atoms with van der Waals surface area (Å²) in [5.41, 5.74) is 0.299. The number of nitrogens with one attached hydrogen (secondary N) is 1. The Balaban J connectivity index is 2.34. The molecule has 2 N–H and O–H groups in total. The third kappa shape index (κ3) is 5.44. The van der Waals surface area contributed by atoms with Crippen LogP contribution in [0.3, 0.4) is 0 Å². The van der Waals surface area contributed by atoms with Gasteiger partial charge in [-0.25, -0.2) is 0 Å². The first kappa shape index (κ1) is 16.2. The van der Waals surface area contributed by atoms with Crippen LogP contribution in [0.1, 0.15) is 32.1 Å². The molecule has 0 atom stereocenters. The van der Waals surface area contributed by atoms with E-state index >= 15 is 0 Å². The number of nitro benzene ring substituents is 1. The maximum atomic E-state index is 10.9. The molecule has 0 bridgehead atoms. The minimum atomic E-state index is -0.780. The van der Waals surface area contributed by atoms with Crippen molar-refractivity contribution >= 4 is 28.9 Å². The van der Waals surface area contributed by atoms with Crippen molar-refractivity contribution in [2.45, 2.75) is 32.1 Å². The molecule has 1 aromatic rings. The first-order valence-corrected chi connectivity index (χ1v) is 6.78. The van der Waals surface area contributed by atoms with Gasteiger partial charge in [0.1, 0.15) is 10.7 Å². The monoisotopic (exact) mass is 300 g/mol. The van der Waals surface area contributed by atoms with E-state index in [0.717, 1.165) is 19.3 Å². The molecule has 0 radical (unpaired) electrons. The number of carboxylic acid groups (broad SMARTS) is 1. The molecule has 7 heteroatoms. The van der Waals surface area contributed by atoms with Crippen molar-refractivity contribution in [3.05, 3.63) is 33.3 Å². The number of rotatable bonds is 9. The zero-order chi connectivity index (χ0) is 15.0. The van der Waals surface area contributed by atoms with Gasteiger partial charge in [-0.05, 0) is 25.0 Å². The van der Waals surface area contributed by atoms with Gasteiger partial charge in [-0.2, -0.15) is 0 Å². The van der Waals surface area contributed by atoms with E-state index in [0.29, 0.717) is 18.7 Å². The van der Waals surface area contributed by atoms with Crippen molar-refractivity contribution in [3.63, 3.8) is 0 Å². The Bertz CT molecular complexity index is 479. The second-order valence-corrected chi connectivity index (χ2v) is 4.79. The number of hydrogen-bond acceptors (Lipinski definition) is 4. The zero-order valence-corrected chi connectivity index (χ0v) is 11.7. The number of benzene rings is 1. The second kappa shape index (κ2) is 8.37. The minimum absolute atomic E-state index is 0.111. The average molecular weight is 301 g/mol. The minimum Gasteiger partial charge on any atom is -0.481 e. The van der Waals surface area contributed by atoms with Gasteiger partial charge in [0.25, 0.3) is 0 Å². The van der Waals surface area contributed by atoms with Gasteiger partial charge in [0.15, 0.2) is 0 Å². The molecule has 1 rings (SSSR count). The summed E-state index contributed by atoms with van der Waals surface area (Å²) in [6.07, 6.45) is 3.39. The summed E-state index contributed by atoms with van der Waals surface area (Å²) < 4.78 is 0. The van der Waals surface area contributed by atoms with Gasteiger partial charge in [0.05, 0.1) is 4.92 Å². The molecule has 20 heavy (non-hydrogen) atoms. The third-order valence-electron chi connectivity index (χ3n) is 2.80. The first-order valence-electron chi connectivity index (χ1n) is 6.41. The summed E-state index contributed by atoms with van der Waals surface area (Å²) in [6.45, 7) is 0.592. The lowest BCUT2D eigenvalue weighted by molar-refractivity contribution is -0.383. The number of halogens is 1. The fraction of sp³-hybridized carbons (Fsp3) is 0.462. The molecule has 0 aliphatic rings. The predicted molar refractivity (Wildman–Crippen MR) is 77.3 cm³/mol. The van der Waals surface area contributed by atoms with Gasteiger partial charge in [-0.1, -0.05) is 30.5 Å². The number of aliphatic carboxylic acids is 1. The molecule has 110 valence electrons. The molecule has 0 spiro atoms. The molecular weight excluding hydrogens is 284 g/mol. The van der Waals surface area contributed by atoms with Crippen molar-refractivity contribution in [1.29, 1.82) is 0 Å². The quantitative estimate of drug-likeness (QED) is 0.412. The van der Waals surface area contributed by atoms with Crippen LogP contribution >= 0.6 is 11.6 Å². The molecule has 1 aromatic carbocycles. The van der Waals surface area contributed by atoms with E-state index in [2.05, 4.69) is 5.32 Å². The standard InChI is InChI=1S/C13H17ClN2O4/c14-10-6-5-7-11(13(10)16(19)20)15-9-4-2-1-3-8-12(17)18/h5-7,15H,1-4,8-9H2,(H,17,18). The summed E-state index contributed by atoms with van der Waals surface area (Å²) in [4.78, 5) is 20.7. The van der Waals surface area contributed by atoms with Crippen LogP contribution < -0.4 is 5.32 Å². The Kier molecular flexibility index (Phi) is 6.79.